The number of hydrogen-bond donors (Lipinski definition) is 3. The fourth-order valence-electron chi connectivity index (χ4n) is 3.62. The van der Waals surface area contributed by atoms with Gasteiger partial charge >= 0.3 is 0 Å². The third-order valence-corrected chi connectivity index (χ3v) is 4.90. The number of aromatic nitrogens is 1. The van der Waals surface area contributed by atoms with Crippen molar-refractivity contribution in [3.05, 3.63) is 47.2 Å². The number of hydrazine groups is 1. The molecular weight excluding hydrogens is 382 g/mol. The highest BCUT2D eigenvalue weighted by Crippen LogP contribution is 2.45. The van der Waals surface area contributed by atoms with Crippen LogP contribution in [0.5, 0.6) is 0 Å². The van der Waals surface area contributed by atoms with Gasteiger partial charge in [-0.05, 0) is 24.8 Å². The number of alkyl halides is 2. The molecule has 1 saturated carbocycles. The average molecular weight is 406 g/mol. The van der Waals surface area contributed by atoms with Gasteiger partial charge in [0.1, 0.15) is 0 Å². The zero-order valence-corrected chi connectivity index (χ0v) is 16.2. The molecule has 1 amide bonds. The van der Waals surface area contributed by atoms with Crippen molar-refractivity contribution in [1.29, 1.82) is 0 Å². The number of aryl methyl sites for hydroxylation is 1. The molecule has 1 aliphatic rings. The standard InChI is InChI=1S/C19H24F2N6O2/c1-11-9-15(29-26-11)24-18(28)16(14-7-8-19(20,21)10-14)12-3-5-13(6-4-12)17(22)25-27(2)23/h3-6,9,14,16H,7-8,10,23H2,1-2H3,(H2,22,25)(H,24,28). The molecule has 156 valence electrons. The molecule has 1 aliphatic carbocycles. The summed E-state index contributed by atoms with van der Waals surface area (Å²) < 4.78 is 32.7. The molecule has 8 nitrogen and oxygen atoms in total. The van der Waals surface area contributed by atoms with E-state index in [2.05, 4.69) is 15.6 Å². The maximum atomic E-state index is 13.8. The predicted molar refractivity (Wildman–Crippen MR) is 104 cm³/mol. The molecule has 0 bridgehead atoms. The average Bonchev–Trinajstić information content (AvgIpc) is 3.20. The van der Waals surface area contributed by atoms with E-state index >= 15 is 0 Å². The molecule has 1 aromatic carbocycles. The van der Waals surface area contributed by atoms with Crippen molar-refractivity contribution < 1.29 is 18.1 Å². The van der Waals surface area contributed by atoms with Crippen molar-refractivity contribution in [3.8, 4) is 0 Å². The number of amidine groups is 1. The van der Waals surface area contributed by atoms with Gasteiger partial charge in [0.15, 0.2) is 5.84 Å². The Morgan fingerprint density at radius 2 is 2.10 bits per heavy atom. The number of nitrogens with zero attached hydrogens (tertiary/aromatic N) is 3. The lowest BCUT2D eigenvalue weighted by molar-refractivity contribution is -0.119. The molecule has 1 aromatic heterocycles. The Morgan fingerprint density at radius 1 is 1.41 bits per heavy atom. The van der Waals surface area contributed by atoms with Gasteiger partial charge in [-0.3, -0.25) is 10.1 Å². The lowest BCUT2D eigenvalue weighted by Gasteiger charge is -2.23. The number of amides is 1. The summed E-state index contributed by atoms with van der Waals surface area (Å²) in [5.41, 5.74) is 7.69. The fraction of sp³-hybridized carbons (Fsp3) is 0.421. The summed E-state index contributed by atoms with van der Waals surface area (Å²) >= 11 is 0. The highest BCUT2D eigenvalue weighted by atomic mass is 19.3. The van der Waals surface area contributed by atoms with E-state index in [4.69, 9.17) is 16.1 Å². The molecule has 1 heterocycles. The largest absolute Gasteiger partial charge is 0.382 e. The second-order valence-electron chi connectivity index (χ2n) is 7.34. The lowest BCUT2D eigenvalue weighted by Crippen LogP contribution is -2.28. The number of halogens is 2. The summed E-state index contributed by atoms with van der Waals surface area (Å²) in [7, 11) is 1.53. The zero-order valence-electron chi connectivity index (χ0n) is 16.2. The predicted octanol–water partition coefficient (Wildman–Crippen LogP) is 2.57. The molecule has 0 spiro atoms. The van der Waals surface area contributed by atoms with E-state index in [1.54, 1.807) is 37.3 Å². The van der Waals surface area contributed by atoms with E-state index in [1.807, 2.05) is 0 Å². The van der Waals surface area contributed by atoms with E-state index in [9.17, 15) is 13.6 Å². The van der Waals surface area contributed by atoms with Crippen molar-refractivity contribution in [3.63, 3.8) is 0 Å². The monoisotopic (exact) mass is 406 g/mol. The molecule has 2 unspecified atom stereocenters. The Morgan fingerprint density at radius 3 is 2.62 bits per heavy atom. The van der Waals surface area contributed by atoms with E-state index < -0.39 is 23.7 Å². The summed E-state index contributed by atoms with van der Waals surface area (Å²) in [4.78, 5) is 13.0. The van der Waals surface area contributed by atoms with Crippen LogP contribution in [0.15, 0.2) is 40.0 Å². The number of carbonyl (C=O) groups excluding carboxylic acids is 1. The second kappa shape index (κ2) is 8.16. The third-order valence-electron chi connectivity index (χ3n) is 4.90. The molecule has 2 atom stereocenters. The highest BCUT2D eigenvalue weighted by Gasteiger charge is 2.45. The van der Waals surface area contributed by atoms with Crippen molar-refractivity contribution in [2.24, 2.45) is 22.6 Å². The van der Waals surface area contributed by atoms with E-state index in [0.29, 0.717) is 16.8 Å². The Kier molecular flexibility index (Phi) is 5.83. The van der Waals surface area contributed by atoms with Crippen LogP contribution in [-0.4, -0.2) is 35.0 Å². The number of rotatable bonds is 6. The molecule has 0 saturated heterocycles. The summed E-state index contributed by atoms with van der Waals surface area (Å²) in [5, 5.41) is 11.4. The van der Waals surface area contributed by atoms with Crippen LogP contribution in [0, 0.1) is 12.8 Å². The maximum Gasteiger partial charge on any atom is 0.248 e. The highest BCUT2D eigenvalue weighted by molar-refractivity contribution is 5.98. The first-order chi connectivity index (χ1) is 13.6. The first kappa shape index (κ1) is 20.7. The van der Waals surface area contributed by atoms with Crippen LogP contribution in [0.1, 0.15) is 42.0 Å². The van der Waals surface area contributed by atoms with Gasteiger partial charge in [0, 0.05) is 31.5 Å². The van der Waals surface area contributed by atoms with Gasteiger partial charge < -0.3 is 10.3 Å². The molecule has 5 N–H and O–H groups in total. The van der Waals surface area contributed by atoms with Crippen molar-refractivity contribution >= 4 is 17.6 Å². The minimum atomic E-state index is -2.77. The maximum absolute atomic E-state index is 13.8. The molecule has 3 rings (SSSR count). The van der Waals surface area contributed by atoms with Crippen LogP contribution < -0.4 is 16.9 Å². The van der Waals surface area contributed by atoms with Crippen molar-refractivity contribution in [1.82, 2.24) is 10.3 Å². The Hall–Kier alpha value is -3.01. The van der Waals surface area contributed by atoms with Crippen LogP contribution in [0.25, 0.3) is 0 Å². The van der Waals surface area contributed by atoms with Crippen LogP contribution in [0.3, 0.4) is 0 Å². The van der Waals surface area contributed by atoms with E-state index in [-0.39, 0.29) is 31.0 Å². The number of nitrogens with one attached hydrogen (secondary N) is 1. The number of anilines is 1. The van der Waals surface area contributed by atoms with Gasteiger partial charge in [0.2, 0.25) is 17.7 Å². The number of benzene rings is 1. The van der Waals surface area contributed by atoms with Gasteiger partial charge in [-0.1, -0.05) is 29.4 Å². The molecule has 2 aromatic rings. The molecule has 10 heteroatoms. The van der Waals surface area contributed by atoms with E-state index in [0.717, 1.165) is 5.12 Å². The van der Waals surface area contributed by atoms with Gasteiger partial charge in [0.25, 0.3) is 0 Å². The minimum absolute atomic E-state index is 0.182. The van der Waals surface area contributed by atoms with Gasteiger partial charge in [-0.25, -0.2) is 19.7 Å². The topological polar surface area (TPSA) is 123 Å². The zero-order chi connectivity index (χ0) is 21.2. The Bertz CT molecular complexity index is 894. The molecule has 29 heavy (non-hydrogen) atoms. The fourth-order valence-corrected chi connectivity index (χ4v) is 3.62. The van der Waals surface area contributed by atoms with Crippen LogP contribution in [0.4, 0.5) is 14.7 Å². The smallest absolute Gasteiger partial charge is 0.248 e. The molecule has 1 fully saturated rings. The van der Waals surface area contributed by atoms with Crippen LogP contribution in [-0.2, 0) is 4.79 Å². The second-order valence-corrected chi connectivity index (χ2v) is 7.34. The molecular formula is C19H24F2N6O2. The summed E-state index contributed by atoms with van der Waals surface area (Å²) in [6, 6.07) is 8.33. The van der Waals surface area contributed by atoms with Crippen LogP contribution in [0.2, 0.25) is 0 Å². The number of hydrazone groups is 1. The van der Waals surface area contributed by atoms with Crippen molar-refractivity contribution in [2.45, 2.75) is 38.0 Å². The third kappa shape index (κ3) is 5.08. The first-order valence-electron chi connectivity index (χ1n) is 9.19. The summed E-state index contributed by atoms with van der Waals surface area (Å²) in [6.07, 6.45) is -0.322. The molecule has 0 radical (unpaired) electrons. The Labute approximate surface area is 166 Å². The van der Waals surface area contributed by atoms with Gasteiger partial charge in [-0.15, -0.1) is 5.10 Å². The van der Waals surface area contributed by atoms with Crippen molar-refractivity contribution in [2.75, 3.05) is 12.4 Å². The lowest BCUT2D eigenvalue weighted by atomic mass is 9.83. The quantitative estimate of drug-likeness (QED) is 0.293. The summed E-state index contributed by atoms with van der Waals surface area (Å²) in [6.45, 7) is 1.72. The minimum Gasteiger partial charge on any atom is -0.382 e. The van der Waals surface area contributed by atoms with Crippen LogP contribution >= 0.6 is 0 Å². The SMILES string of the molecule is Cc1cc(NC(=O)C(c2ccc(/C(N)=N/N(C)N)cc2)C2CCC(F)(F)C2)on1. The summed E-state index contributed by atoms with van der Waals surface area (Å²) in [5.74, 6) is 1.39. The van der Waals surface area contributed by atoms with Gasteiger partial charge in [0.05, 0.1) is 11.6 Å². The number of carbonyl (C=O) groups is 1. The normalized spacial score (nSPS) is 19.8. The number of hydrogen-bond acceptors (Lipinski definition) is 6. The Balaban J connectivity index is 1.87. The van der Waals surface area contributed by atoms with E-state index in [1.165, 1.54) is 7.05 Å². The first-order valence-corrected chi connectivity index (χ1v) is 9.19. The van der Waals surface area contributed by atoms with Gasteiger partial charge in [-0.2, -0.15) is 0 Å². The molecule has 0 aliphatic heterocycles. The number of nitrogens with two attached hydrogens (primary N) is 2.